The van der Waals surface area contributed by atoms with Crippen molar-refractivity contribution in [3.63, 3.8) is 0 Å². The minimum absolute atomic E-state index is 0.395. The van der Waals surface area contributed by atoms with E-state index in [0.29, 0.717) is 17.9 Å². The fourth-order valence-corrected chi connectivity index (χ4v) is 2.91. The molecule has 0 spiro atoms. The second-order valence-electron chi connectivity index (χ2n) is 4.49. The van der Waals surface area contributed by atoms with Crippen LogP contribution in [0.4, 0.5) is 5.82 Å². The molecular weight excluding hydrogens is 322 g/mol. The van der Waals surface area contributed by atoms with Crippen LogP contribution in [0.15, 0.2) is 17.1 Å². The predicted octanol–water partition coefficient (Wildman–Crippen LogP) is 1.52. The molecule has 2 N–H and O–H groups in total. The minimum Gasteiger partial charge on any atom is -0.382 e. The first kappa shape index (κ1) is 13.0. The van der Waals surface area contributed by atoms with Crippen LogP contribution >= 0.6 is 15.9 Å². The molecule has 0 aliphatic heterocycles. The molecule has 104 valence electrons. The maximum atomic E-state index is 5.79. The lowest BCUT2D eigenvalue weighted by molar-refractivity contribution is 0.664. The molecule has 0 bridgehead atoms. The van der Waals surface area contributed by atoms with Crippen molar-refractivity contribution in [2.45, 2.75) is 19.9 Å². The van der Waals surface area contributed by atoms with E-state index in [1.165, 1.54) is 6.33 Å². The number of fused-ring (bicyclic) bond motifs is 1. The Morgan fingerprint density at radius 3 is 2.80 bits per heavy atom. The average molecular weight is 336 g/mol. The summed E-state index contributed by atoms with van der Waals surface area (Å²) in [5.41, 5.74) is 9.26. The van der Waals surface area contributed by atoms with Gasteiger partial charge in [0.2, 0.25) is 0 Å². The predicted molar refractivity (Wildman–Crippen MR) is 79.1 cm³/mol. The van der Waals surface area contributed by atoms with Crippen LogP contribution in [0.3, 0.4) is 0 Å². The molecule has 0 aliphatic carbocycles. The molecule has 0 saturated carbocycles. The van der Waals surface area contributed by atoms with E-state index in [1.54, 1.807) is 6.33 Å². The Bertz CT molecular complexity index is 774. The van der Waals surface area contributed by atoms with Crippen LogP contribution in [0.1, 0.15) is 18.3 Å². The largest absolute Gasteiger partial charge is 0.382 e. The lowest BCUT2D eigenvalue weighted by Crippen LogP contribution is -2.06. The van der Waals surface area contributed by atoms with Crippen molar-refractivity contribution in [2.24, 2.45) is 7.05 Å². The van der Waals surface area contributed by atoms with Gasteiger partial charge < -0.3 is 10.3 Å². The summed E-state index contributed by atoms with van der Waals surface area (Å²) in [7, 11) is 1.93. The fourth-order valence-electron chi connectivity index (χ4n) is 2.17. The molecular formula is C12H14BrN7. The molecule has 7 nitrogen and oxygen atoms in total. The highest BCUT2D eigenvalue weighted by atomic mass is 79.9. The first-order chi connectivity index (χ1) is 9.61. The number of hydrogen-bond donors (Lipinski definition) is 1. The van der Waals surface area contributed by atoms with Gasteiger partial charge in [-0.15, -0.1) is 0 Å². The molecule has 0 radical (unpaired) electrons. The summed E-state index contributed by atoms with van der Waals surface area (Å²) < 4.78 is 4.85. The van der Waals surface area contributed by atoms with Gasteiger partial charge in [-0.05, 0) is 22.4 Å². The van der Waals surface area contributed by atoms with Crippen LogP contribution in [-0.4, -0.2) is 29.3 Å². The highest BCUT2D eigenvalue weighted by Gasteiger charge is 2.15. The van der Waals surface area contributed by atoms with Crippen LogP contribution in [0.5, 0.6) is 0 Å². The van der Waals surface area contributed by atoms with E-state index in [4.69, 9.17) is 5.73 Å². The molecule has 0 aliphatic rings. The quantitative estimate of drug-likeness (QED) is 0.783. The minimum atomic E-state index is 0.395. The normalized spacial score (nSPS) is 11.3. The van der Waals surface area contributed by atoms with Crippen molar-refractivity contribution in [3.8, 4) is 0 Å². The molecule has 0 unspecified atom stereocenters. The van der Waals surface area contributed by atoms with Crippen LogP contribution in [0.25, 0.3) is 11.2 Å². The summed E-state index contributed by atoms with van der Waals surface area (Å²) in [6, 6.07) is 0. The molecule has 0 saturated heterocycles. The van der Waals surface area contributed by atoms with Gasteiger partial charge in [-0.2, -0.15) is 5.10 Å². The molecule has 0 fully saturated rings. The molecule has 0 amide bonds. The number of nitrogen functional groups attached to an aromatic ring is 1. The van der Waals surface area contributed by atoms with Gasteiger partial charge in [0.05, 0.1) is 28.7 Å². The van der Waals surface area contributed by atoms with E-state index in [0.717, 1.165) is 27.9 Å². The van der Waals surface area contributed by atoms with Crippen LogP contribution in [0, 0.1) is 0 Å². The van der Waals surface area contributed by atoms with Crippen molar-refractivity contribution in [1.29, 1.82) is 0 Å². The number of halogens is 1. The smallest absolute Gasteiger partial charge is 0.165 e. The number of aromatic nitrogens is 6. The van der Waals surface area contributed by atoms with E-state index in [9.17, 15) is 0 Å². The van der Waals surface area contributed by atoms with Gasteiger partial charge in [-0.25, -0.2) is 15.0 Å². The van der Waals surface area contributed by atoms with Crippen molar-refractivity contribution < 1.29 is 0 Å². The maximum absolute atomic E-state index is 5.79. The summed E-state index contributed by atoms with van der Waals surface area (Å²) in [5, 5.41) is 4.49. The Labute approximate surface area is 124 Å². The molecule has 3 aromatic rings. The number of hydrogen-bond acceptors (Lipinski definition) is 5. The second kappa shape index (κ2) is 4.86. The van der Waals surface area contributed by atoms with Crippen molar-refractivity contribution in [3.05, 3.63) is 28.5 Å². The van der Waals surface area contributed by atoms with Gasteiger partial charge in [0, 0.05) is 7.05 Å². The second-order valence-corrected chi connectivity index (χ2v) is 5.28. The lowest BCUT2D eigenvalue weighted by Gasteiger charge is -2.05. The van der Waals surface area contributed by atoms with E-state index in [-0.39, 0.29) is 0 Å². The standard InChI is InChI=1S/C12H14BrN7/c1-3-7-9(13)8(19(2)18-7)4-20-6-17-10-11(14)15-5-16-12(10)20/h5-6H,3-4H2,1-2H3,(H2,14,15,16). The Balaban J connectivity index is 2.06. The summed E-state index contributed by atoms with van der Waals surface area (Å²) in [4.78, 5) is 12.5. The van der Waals surface area contributed by atoms with E-state index < -0.39 is 0 Å². The summed E-state index contributed by atoms with van der Waals surface area (Å²) in [6.07, 6.45) is 4.06. The van der Waals surface area contributed by atoms with Crippen molar-refractivity contribution in [1.82, 2.24) is 29.3 Å². The summed E-state index contributed by atoms with van der Waals surface area (Å²) >= 11 is 3.61. The summed E-state index contributed by atoms with van der Waals surface area (Å²) in [6.45, 7) is 2.70. The Morgan fingerprint density at radius 2 is 2.10 bits per heavy atom. The van der Waals surface area contributed by atoms with Crippen LogP contribution < -0.4 is 5.73 Å². The molecule has 3 rings (SSSR count). The monoisotopic (exact) mass is 335 g/mol. The van der Waals surface area contributed by atoms with E-state index in [2.05, 4.69) is 42.9 Å². The number of rotatable bonds is 3. The lowest BCUT2D eigenvalue weighted by atomic mass is 10.3. The third-order valence-electron chi connectivity index (χ3n) is 3.25. The van der Waals surface area contributed by atoms with Gasteiger partial charge in [0.1, 0.15) is 11.8 Å². The number of imidazole rings is 1. The van der Waals surface area contributed by atoms with E-state index >= 15 is 0 Å². The Hall–Kier alpha value is -1.96. The third kappa shape index (κ3) is 1.96. The third-order valence-corrected chi connectivity index (χ3v) is 4.17. The van der Waals surface area contributed by atoms with Gasteiger partial charge in [-0.3, -0.25) is 4.68 Å². The zero-order valence-electron chi connectivity index (χ0n) is 11.2. The topological polar surface area (TPSA) is 87.4 Å². The van der Waals surface area contributed by atoms with Crippen molar-refractivity contribution >= 4 is 32.9 Å². The van der Waals surface area contributed by atoms with E-state index in [1.807, 2.05) is 16.3 Å². The molecule has 8 heteroatoms. The van der Waals surface area contributed by atoms with Crippen molar-refractivity contribution in [2.75, 3.05) is 5.73 Å². The van der Waals surface area contributed by atoms with Gasteiger partial charge in [0.15, 0.2) is 11.5 Å². The summed E-state index contributed by atoms with van der Waals surface area (Å²) in [5.74, 6) is 0.395. The number of nitrogens with two attached hydrogens (primary N) is 1. The van der Waals surface area contributed by atoms with Crippen LogP contribution in [0.2, 0.25) is 0 Å². The maximum Gasteiger partial charge on any atom is 0.165 e. The number of nitrogens with zero attached hydrogens (tertiary/aromatic N) is 6. The molecule has 3 aromatic heterocycles. The van der Waals surface area contributed by atoms with Gasteiger partial charge in [0.25, 0.3) is 0 Å². The van der Waals surface area contributed by atoms with Gasteiger partial charge in [-0.1, -0.05) is 6.92 Å². The van der Waals surface area contributed by atoms with Crippen LogP contribution in [-0.2, 0) is 20.0 Å². The zero-order chi connectivity index (χ0) is 14.3. The molecule has 3 heterocycles. The first-order valence-corrected chi connectivity index (χ1v) is 7.02. The first-order valence-electron chi connectivity index (χ1n) is 6.23. The Kier molecular flexibility index (Phi) is 3.17. The Morgan fingerprint density at radius 1 is 1.30 bits per heavy atom. The highest BCUT2D eigenvalue weighted by Crippen LogP contribution is 2.24. The zero-order valence-corrected chi connectivity index (χ0v) is 12.8. The fraction of sp³-hybridized carbons (Fsp3) is 0.333. The molecule has 20 heavy (non-hydrogen) atoms. The highest BCUT2D eigenvalue weighted by molar-refractivity contribution is 9.10. The molecule has 0 aromatic carbocycles. The molecule has 0 atom stereocenters. The number of anilines is 1. The average Bonchev–Trinajstić information content (AvgIpc) is 2.96. The SMILES string of the molecule is CCc1nn(C)c(Cn2cnc3c(N)ncnc32)c1Br. The number of aryl methyl sites for hydroxylation is 2. The van der Waals surface area contributed by atoms with Gasteiger partial charge >= 0.3 is 0 Å².